The number of ether oxygens (including phenoxy) is 2. The minimum absolute atomic E-state index is 0.0741. The van der Waals surface area contributed by atoms with Gasteiger partial charge in [-0.1, -0.05) is 30.3 Å². The molecule has 0 heterocycles. The number of hydrogen-bond donors (Lipinski definition) is 1. The summed E-state index contributed by atoms with van der Waals surface area (Å²) in [6.45, 7) is 0. The Balaban J connectivity index is 2.55. The number of hydrogen-bond acceptors (Lipinski definition) is 7. The van der Waals surface area contributed by atoms with Gasteiger partial charge < -0.3 is 14.6 Å². The summed E-state index contributed by atoms with van der Waals surface area (Å²) in [6, 6.07) is 14.3. The second-order valence-corrected chi connectivity index (χ2v) is 5.33. The van der Waals surface area contributed by atoms with Crippen LogP contribution in [-0.2, 0) is 19.1 Å². The Morgan fingerprint density at radius 2 is 1.61 bits per heavy atom. The third kappa shape index (κ3) is 5.04. The highest BCUT2D eigenvalue weighted by molar-refractivity contribution is 6.04. The molecule has 1 amide bonds. The average molecular weight is 382 g/mol. The number of esters is 2. The Kier molecular flexibility index (Phi) is 7.04. The fourth-order valence-electron chi connectivity index (χ4n) is 2.13. The van der Waals surface area contributed by atoms with Crippen molar-refractivity contribution in [2.45, 2.75) is 0 Å². The highest BCUT2D eigenvalue weighted by Gasteiger charge is 2.26. The number of nitrogens with zero attached hydrogens (tertiary/aromatic N) is 2. The number of carbonyl (C=O) groups is 3. The first kappa shape index (κ1) is 20.4. The van der Waals surface area contributed by atoms with Crippen LogP contribution >= 0.6 is 0 Å². The number of para-hydroxylation sites is 1. The molecule has 1 N–H and O–H groups in total. The Bertz CT molecular complexity index is 921. The third-order valence-electron chi connectivity index (χ3n) is 3.54. The monoisotopic (exact) mass is 382 g/mol. The summed E-state index contributed by atoms with van der Waals surface area (Å²) in [5.74, 6) is -2.60. The van der Waals surface area contributed by atoms with Gasteiger partial charge in [-0.3, -0.25) is 4.79 Å². The van der Waals surface area contributed by atoms with Gasteiger partial charge in [0.1, 0.15) is 5.75 Å². The standard InChI is InChI=1S/C20H18N2O6/c1-27-18(24)12-16(20(26)28-2)22(19(25)14-8-4-3-5-9-14)21-13-15-10-6-7-11-17(15)23/h3-13,23H,1-2H3/b16-12-,21-13+. The van der Waals surface area contributed by atoms with E-state index in [2.05, 4.69) is 14.6 Å². The molecule has 2 aromatic rings. The van der Waals surface area contributed by atoms with Crippen molar-refractivity contribution in [3.8, 4) is 5.75 Å². The van der Waals surface area contributed by atoms with Crippen LogP contribution in [0.5, 0.6) is 5.75 Å². The maximum atomic E-state index is 12.9. The Labute approximate surface area is 161 Å². The van der Waals surface area contributed by atoms with E-state index in [-0.39, 0.29) is 11.3 Å². The summed E-state index contributed by atoms with van der Waals surface area (Å²) in [5, 5.41) is 14.6. The topological polar surface area (TPSA) is 106 Å². The molecule has 28 heavy (non-hydrogen) atoms. The van der Waals surface area contributed by atoms with Crippen molar-refractivity contribution < 1.29 is 29.0 Å². The van der Waals surface area contributed by atoms with Crippen molar-refractivity contribution in [3.05, 3.63) is 77.5 Å². The lowest BCUT2D eigenvalue weighted by atomic mass is 10.2. The van der Waals surface area contributed by atoms with Crippen LogP contribution in [0.3, 0.4) is 0 Å². The van der Waals surface area contributed by atoms with E-state index in [9.17, 15) is 19.5 Å². The van der Waals surface area contributed by atoms with Crippen LogP contribution in [0.2, 0.25) is 0 Å². The van der Waals surface area contributed by atoms with Gasteiger partial charge in [-0.2, -0.15) is 10.1 Å². The van der Waals surface area contributed by atoms with Gasteiger partial charge in [0.15, 0.2) is 5.70 Å². The van der Waals surface area contributed by atoms with E-state index in [0.29, 0.717) is 10.6 Å². The zero-order chi connectivity index (χ0) is 20.5. The number of amides is 1. The first-order valence-corrected chi connectivity index (χ1v) is 8.07. The molecule has 0 radical (unpaired) electrons. The summed E-state index contributed by atoms with van der Waals surface area (Å²) in [7, 11) is 2.23. The van der Waals surface area contributed by atoms with Crippen molar-refractivity contribution in [1.82, 2.24) is 5.01 Å². The van der Waals surface area contributed by atoms with Crippen LogP contribution in [0.25, 0.3) is 0 Å². The molecule has 0 saturated heterocycles. The number of phenols is 1. The summed E-state index contributed by atoms with van der Waals surface area (Å²) in [6.07, 6.45) is 1.99. The van der Waals surface area contributed by atoms with Crippen LogP contribution in [0.15, 0.2) is 71.5 Å². The number of aromatic hydroxyl groups is 1. The van der Waals surface area contributed by atoms with Crippen LogP contribution < -0.4 is 0 Å². The van der Waals surface area contributed by atoms with Gasteiger partial charge in [0.05, 0.1) is 26.5 Å². The molecule has 2 aromatic carbocycles. The minimum atomic E-state index is -0.968. The number of methoxy groups -OCH3 is 2. The van der Waals surface area contributed by atoms with Crippen LogP contribution in [0.1, 0.15) is 15.9 Å². The molecule has 0 aliphatic rings. The van der Waals surface area contributed by atoms with Crippen molar-refractivity contribution in [2.75, 3.05) is 14.2 Å². The van der Waals surface area contributed by atoms with E-state index >= 15 is 0 Å². The van der Waals surface area contributed by atoms with Crippen molar-refractivity contribution in [3.63, 3.8) is 0 Å². The number of benzene rings is 2. The lowest BCUT2D eigenvalue weighted by Crippen LogP contribution is -2.31. The normalized spacial score (nSPS) is 11.1. The van der Waals surface area contributed by atoms with E-state index in [4.69, 9.17) is 0 Å². The van der Waals surface area contributed by atoms with E-state index in [1.54, 1.807) is 36.4 Å². The molecule has 0 aliphatic carbocycles. The number of rotatable bonds is 6. The number of phenolic OH excluding ortho intramolecular Hbond substituents is 1. The highest BCUT2D eigenvalue weighted by Crippen LogP contribution is 2.17. The lowest BCUT2D eigenvalue weighted by molar-refractivity contribution is -0.139. The minimum Gasteiger partial charge on any atom is -0.507 e. The predicted octanol–water partition coefficient (Wildman–Crippen LogP) is 2.10. The van der Waals surface area contributed by atoms with Gasteiger partial charge >= 0.3 is 11.9 Å². The predicted molar refractivity (Wildman–Crippen MR) is 100 cm³/mol. The van der Waals surface area contributed by atoms with Crippen molar-refractivity contribution >= 4 is 24.1 Å². The fraction of sp³-hybridized carbons (Fsp3) is 0.100. The molecule has 0 saturated carbocycles. The molecular formula is C20H18N2O6. The van der Waals surface area contributed by atoms with Gasteiger partial charge in [0.25, 0.3) is 5.91 Å². The van der Waals surface area contributed by atoms with E-state index in [1.807, 2.05) is 0 Å². The Morgan fingerprint density at radius 1 is 0.964 bits per heavy atom. The second kappa shape index (κ2) is 9.67. The van der Waals surface area contributed by atoms with Crippen molar-refractivity contribution in [2.24, 2.45) is 5.10 Å². The zero-order valence-electron chi connectivity index (χ0n) is 15.2. The molecule has 0 aliphatic heterocycles. The third-order valence-corrected chi connectivity index (χ3v) is 3.54. The van der Waals surface area contributed by atoms with Gasteiger partial charge in [-0.25, -0.2) is 9.59 Å². The van der Waals surface area contributed by atoms with Gasteiger partial charge in [-0.15, -0.1) is 0 Å². The van der Waals surface area contributed by atoms with Gasteiger partial charge in [-0.05, 0) is 24.3 Å². The molecule has 0 bridgehead atoms. The Morgan fingerprint density at radius 3 is 2.21 bits per heavy atom. The first-order valence-electron chi connectivity index (χ1n) is 8.07. The number of hydrazone groups is 1. The van der Waals surface area contributed by atoms with E-state index in [1.165, 1.54) is 24.4 Å². The fourth-order valence-corrected chi connectivity index (χ4v) is 2.13. The van der Waals surface area contributed by atoms with Crippen LogP contribution in [0, 0.1) is 0 Å². The van der Waals surface area contributed by atoms with Crippen LogP contribution in [-0.4, -0.2) is 48.4 Å². The molecule has 0 unspecified atom stereocenters. The largest absolute Gasteiger partial charge is 0.507 e. The zero-order valence-corrected chi connectivity index (χ0v) is 15.2. The van der Waals surface area contributed by atoms with Gasteiger partial charge in [0, 0.05) is 11.1 Å². The first-order chi connectivity index (χ1) is 13.5. The van der Waals surface area contributed by atoms with Crippen molar-refractivity contribution in [1.29, 1.82) is 0 Å². The molecule has 0 spiro atoms. The summed E-state index contributed by atoms with van der Waals surface area (Å²) < 4.78 is 9.21. The van der Waals surface area contributed by atoms with E-state index < -0.39 is 23.5 Å². The second-order valence-electron chi connectivity index (χ2n) is 5.33. The van der Waals surface area contributed by atoms with E-state index in [0.717, 1.165) is 20.3 Å². The van der Waals surface area contributed by atoms with Gasteiger partial charge in [0.2, 0.25) is 0 Å². The Hall–Kier alpha value is -3.94. The molecular weight excluding hydrogens is 364 g/mol. The SMILES string of the molecule is COC(=O)/C=C(/C(=O)OC)N(/N=C/c1ccccc1O)C(=O)c1ccccc1. The lowest BCUT2D eigenvalue weighted by Gasteiger charge is -2.18. The molecule has 8 heteroatoms. The van der Waals surface area contributed by atoms with Crippen LogP contribution in [0.4, 0.5) is 0 Å². The molecule has 0 fully saturated rings. The maximum absolute atomic E-state index is 12.9. The summed E-state index contributed by atoms with van der Waals surface area (Å²) >= 11 is 0. The number of carbonyl (C=O) groups excluding carboxylic acids is 3. The smallest absolute Gasteiger partial charge is 0.357 e. The molecule has 0 aromatic heterocycles. The maximum Gasteiger partial charge on any atom is 0.357 e. The highest BCUT2D eigenvalue weighted by atomic mass is 16.5. The molecule has 0 atom stereocenters. The molecule has 8 nitrogen and oxygen atoms in total. The summed E-state index contributed by atoms with van der Waals surface area (Å²) in [4.78, 5) is 36.8. The average Bonchev–Trinajstić information content (AvgIpc) is 2.73. The summed E-state index contributed by atoms with van der Waals surface area (Å²) in [5.41, 5.74) is 0.0714. The molecule has 2 rings (SSSR count). The quantitative estimate of drug-likeness (QED) is 0.355. The molecule has 144 valence electrons.